The fourth-order valence-corrected chi connectivity index (χ4v) is 1.56. The fraction of sp³-hybridized carbons (Fsp3) is 0.500. The molecule has 0 heterocycles. The highest BCUT2D eigenvalue weighted by molar-refractivity contribution is 9.09. The zero-order valence-electron chi connectivity index (χ0n) is 9.92. The molecule has 0 saturated carbocycles. The molecule has 0 aliphatic heterocycles. The molecule has 5 heteroatoms. The number of hydrogen-bond acceptors (Lipinski definition) is 4. The maximum atomic E-state index is 11.8. The minimum atomic E-state index is -1.42. The summed E-state index contributed by atoms with van der Waals surface area (Å²) in [5.74, 6) is 4.16. The molecule has 4 nitrogen and oxygen atoms in total. The summed E-state index contributed by atoms with van der Waals surface area (Å²) in [6.45, 7) is 3.53. The van der Waals surface area contributed by atoms with E-state index in [-0.39, 0.29) is 12.8 Å². The molecular weight excluding hydrogens is 288 g/mol. The maximum absolute atomic E-state index is 11.8. The molecule has 0 radical (unpaired) electrons. The first-order valence-electron chi connectivity index (χ1n) is 4.88. The molecule has 0 atom stereocenters. The van der Waals surface area contributed by atoms with Crippen molar-refractivity contribution in [3.8, 4) is 11.8 Å². The summed E-state index contributed by atoms with van der Waals surface area (Å²) in [5.41, 5.74) is -1.42. The number of rotatable bonds is 5. The Kier molecular flexibility index (Phi) is 7.31. The second kappa shape index (κ2) is 7.91. The van der Waals surface area contributed by atoms with Crippen LogP contribution in [0.1, 0.15) is 12.8 Å². The van der Waals surface area contributed by atoms with E-state index in [0.717, 1.165) is 0 Å². The van der Waals surface area contributed by atoms with Gasteiger partial charge in [0, 0.05) is 6.42 Å². The average Bonchev–Trinajstić information content (AvgIpc) is 2.35. The van der Waals surface area contributed by atoms with E-state index in [0.29, 0.717) is 5.33 Å². The van der Waals surface area contributed by atoms with Crippen LogP contribution in [-0.2, 0) is 19.1 Å². The van der Waals surface area contributed by atoms with E-state index in [1.54, 1.807) is 0 Å². The molecule has 0 rings (SSSR count). The van der Waals surface area contributed by atoms with E-state index in [2.05, 4.69) is 43.8 Å². The number of ether oxygens (including phenoxy) is 2. The molecular formula is C12H15BrO4. The monoisotopic (exact) mass is 302 g/mol. The van der Waals surface area contributed by atoms with Crippen molar-refractivity contribution in [1.82, 2.24) is 0 Å². The Morgan fingerprint density at radius 3 is 2.18 bits per heavy atom. The van der Waals surface area contributed by atoms with Gasteiger partial charge in [0.2, 0.25) is 0 Å². The van der Waals surface area contributed by atoms with E-state index in [1.165, 1.54) is 20.3 Å². The predicted octanol–water partition coefficient (Wildman–Crippen LogP) is 1.68. The van der Waals surface area contributed by atoms with Gasteiger partial charge in [-0.15, -0.1) is 12.5 Å². The lowest BCUT2D eigenvalue weighted by Crippen LogP contribution is -2.40. The zero-order chi connectivity index (χ0) is 13.3. The number of carbonyl (C=O) groups is 2. The van der Waals surface area contributed by atoms with Crippen molar-refractivity contribution in [2.24, 2.45) is 5.41 Å². The number of methoxy groups -OCH3 is 2. The van der Waals surface area contributed by atoms with Crippen LogP contribution >= 0.6 is 15.9 Å². The molecule has 0 aromatic rings. The summed E-state index contributed by atoms with van der Waals surface area (Å²) in [4.78, 5) is 23.5. The van der Waals surface area contributed by atoms with Gasteiger partial charge >= 0.3 is 11.9 Å². The maximum Gasteiger partial charge on any atom is 0.324 e. The number of esters is 2. The van der Waals surface area contributed by atoms with Crippen LogP contribution in [0, 0.1) is 17.3 Å². The Balaban J connectivity index is 5.30. The Labute approximate surface area is 109 Å². The standard InChI is InChI=1S/C12H15BrO4/c1-4-7-12(10(14)16-2,11(15)17-3)8-5-6-9-13/h4H,1,7-9H2,2-3H3. The van der Waals surface area contributed by atoms with Crippen LogP contribution < -0.4 is 0 Å². The topological polar surface area (TPSA) is 52.6 Å². The Morgan fingerprint density at radius 1 is 1.29 bits per heavy atom. The third-order valence-corrected chi connectivity index (χ3v) is 2.51. The number of alkyl halides is 1. The van der Waals surface area contributed by atoms with Crippen molar-refractivity contribution in [1.29, 1.82) is 0 Å². The minimum absolute atomic E-state index is 0.0456. The second-order valence-corrected chi connectivity index (χ2v) is 3.78. The van der Waals surface area contributed by atoms with Gasteiger partial charge in [-0.3, -0.25) is 9.59 Å². The zero-order valence-corrected chi connectivity index (χ0v) is 11.5. The van der Waals surface area contributed by atoms with Crippen molar-refractivity contribution >= 4 is 27.9 Å². The summed E-state index contributed by atoms with van der Waals surface area (Å²) in [6.07, 6.45) is 1.65. The highest BCUT2D eigenvalue weighted by Crippen LogP contribution is 2.30. The second-order valence-electron chi connectivity index (χ2n) is 3.22. The molecule has 0 unspecified atom stereocenters. The Morgan fingerprint density at radius 2 is 1.82 bits per heavy atom. The number of hydrogen-bond donors (Lipinski definition) is 0. The van der Waals surface area contributed by atoms with Gasteiger partial charge in [0.1, 0.15) is 0 Å². The summed E-state index contributed by atoms with van der Waals surface area (Å²) >= 11 is 3.14. The molecule has 0 aliphatic rings. The lowest BCUT2D eigenvalue weighted by Gasteiger charge is -2.24. The molecule has 0 aliphatic carbocycles. The fourth-order valence-electron chi connectivity index (χ4n) is 1.36. The van der Waals surface area contributed by atoms with Crippen molar-refractivity contribution in [3.05, 3.63) is 12.7 Å². The van der Waals surface area contributed by atoms with Crippen molar-refractivity contribution in [3.63, 3.8) is 0 Å². The Bertz CT molecular complexity index is 335. The first-order valence-corrected chi connectivity index (χ1v) is 6.00. The van der Waals surface area contributed by atoms with Gasteiger partial charge in [0.05, 0.1) is 19.5 Å². The van der Waals surface area contributed by atoms with Gasteiger partial charge in [-0.25, -0.2) is 0 Å². The van der Waals surface area contributed by atoms with E-state index in [1.807, 2.05) is 0 Å². The minimum Gasteiger partial charge on any atom is -0.468 e. The largest absolute Gasteiger partial charge is 0.468 e. The summed E-state index contributed by atoms with van der Waals surface area (Å²) < 4.78 is 9.31. The smallest absolute Gasteiger partial charge is 0.324 e. The van der Waals surface area contributed by atoms with Crippen molar-refractivity contribution in [2.45, 2.75) is 12.8 Å². The van der Waals surface area contributed by atoms with Crippen LogP contribution in [0.4, 0.5) is 0 Å². The molecule has 0 spiro atoms. The number of allylic oxidation sites excluding steroid dienone is 1. The molecule has 0 saturated heterocycles. The van der Waals surface area contributed by atoms with Crippen molar-refractivity contribution < 1.29 is 19.1 Å². The molecule has 0 N–H and O–H groups in total. The molecule has 17 heavy (non-hydrogen) atoms. The first-order chi connectivity index (χ1) is 8.08. The summed E-state index contributed by atoms with van der Waals surface area (Å²) in [5, 5.41) is 0.472. The molecule has 0 bridgehead atoms. The average molecular weight is 303 g/mol. The number of carbonyl (C=O) groups excluding carboxylic acids is 2. The van der Waals surface area contributed by atoms with E-state index in [9.17, 15) is 9.59 Å². The predicted molar refractivity (Wildman–Crippen MR) is 67.5 cm³/mol. The summed E-state index contributed by atoms with van der Waals surface area (Å²) in [7, 11) is 2.45. The normalized spacial score (nSPS) is 9.82. The molecule has 0 aromatic carbocycles. The van der Waals surface area contributed by atoms with E-state index >= 15 is 0 Å². The third-order valence-electron chi connectivity index (χ3n) is 2.23. The van der Waals surface area contributed by atoms with Gasteiger partial charge in [0.15, 0.2) is 5.41 Å². The third kappa shape index (κ3) is 3.90. The first kappa shape index (κ1) is 15.7. The van der Waals surface area contributed by atoms with Crippen molar-refractivity contribution in [2.75, 3.05) is 19.5 Å². The van der Waals surface area contributed by atoms with Gasteiger partial charge in [-0.2, -0.15) is 0 Å². The van der Waals surface area contributed by atoms with Gasteiger partial charge in [-0.1, -0.05) is 27.9 Å². The number of halogens is 1. The van der Waals surface area contributed by atoms with E-state index < -0.39 is 17.4 Å². The molecule has 94 valence electrons. The SMILES string of the molecule is C=CCC(CC#CCBr)(C(=O)OC)C(=O)OC. The van der Waals surface area contributed by atoms with Gasteiger partial charge in [-0.05, 0) is 6.42 Å². The lowest BCUT2D eigenvalue weighted by molar-refractivity contribution is -0.168. The van der Waals surface area contributed by atoms with Crippen LogP contribution in [-0.4, -0.2) is 31.5 Å². The molecule has 0 aromatic heterocycles. The highest BCUT2D eigenvalue weighted by Gasteiger charge is 2.46. The van der Waals surface area contributed by atoms with Crippen LogP contribution in [0.25, 0.3) is 0 Å². The quantitative estimate of drug-likeness (QED) is 0.255. The van der Waals surface area contributed by atoms with Crippen LogP contribution in [0.3, 0.4) is 0 Å². The Hall–Kier alpha value is -1.28. The molecule has 0 amide bonds. The van der Waals surface area contributed by atoms with Crippen LogP contribution in [0.2, 0.25) is 0 Å². The summed E-state index contributed by atoms with van der Waals surface area (Å²) in [6, 6.07) is 0. The van der Waals surface area contributed by atoms with Crippen LogP contribution in [0.5, 0.6) is 0 Å². The van der Waals surface area contributed by atoms with E-state index in [4.69, 9.17) is 0 Å². The van der Waals surface area contributed by atoms with Gasteiger partial charge in [0.25, 0.3) is 0 Å². The molecule has 0 fully saturated rings. The lowest BCUT2D eigenvalue weighted by atomic mass is 9.81. The van der Waals surface area contributed by atoms with Gasteiger partial charge < -0.3 is 9.47 Å². The highest BCUT2D eigenvalue weighted by atomic mass is 79.9. The van der Waals surface area contributed by atoms with Crippen LogP contribution in [0.15, 0.2) is 12.7 Å².